The molecule has 1 aromatic carbocycles. The number of carbonyl (C=O) groups excluding carboxylic acids is 1. The fourth-order valence-corrected chi connectivity index (χ4v) is 5.25. The first kappa shape index (κ1) is 19.1. The maximum absolute atomic E-state index is 13.0. The van der Waals surface area contributed by atoms with Crippen LogP contribution in [0, 0.1) is 18.3 Å². The van der Waals surface area contributed by atoms with Crippen LogP contribution in [-0.2, 0) is 13.0 Å². The van der Waals surface area contributed by atoms with Crippen LogP contribution in [0.3, 0.4) is 0 Å². The van der Waals surface area contributed by atoms with Crippen LogP contribution in [-0.4, -0.2) is 62.1 Å². The Bertz CT molecular complexity index is 998. The molecular weight excluding hydrogens is 376 g/mol. The number of carbonyl (C=O) groups is 1. The van der Waals surface area contributed by atoms with Crippen molar-refractivity contribution in [1.82, 2.24) is 30.0 Å². The quantitative estimate of drug-likeness (QED) is 0.662. The Morgan fingerprint density at radius 3 is 2.77 bits per heavy atom. The Morgan fingerprint density at radius 2 is 2.03 bits per heavy atom. The van der Waals surface area contributed by atoms with Gasteiger partial charge in [-0.15, -0.1) is 0 Å². The highest BCUT2D eigenvalue weighted by atomic mass is 16.2. The number of rotatable bonds is 6. The molecular formula is C23H28N6O. The summed E-state index contributed by atoms with van der Waals surface area (Å²) in [5.74, 6) is 2.29. The minimum atomic E-state index is 0.115. The molecule has 2 saturated heterocycles. The first-order chi connectivity index (χ1) is 14.6. The van der Waals surface area contributed by atoms with Crippen molar-refractivity contribution in [2.75, 3.05) is 26.2 Å². The minimum Gasteiger partial charge on any atom is -0.357 e. The van der Waals surface area contributed by atoms with Crippen molar-refractivity contribution in [1.29, 1.82) is 0 Å². The number of benzene rings is 1. The van der Waals surface area contributed by atoms with Crippen molar-refractivity contribution in [2.45, 2.75) is 26.3 Å². The number of hydrogen-bond acceptors (Lipinski definition) is 4. The van der Waals surface area contributed by atoms with Gasteiger partial charge in [-0.1, -0.05) is 30.3 Å². The van der Waals surface area contributed by atoms with Gasteiger partial charge < -0.3 is 9.88 Å². The Kier molecular flexibility index (Phi) is 4.90. The average Bonchev–Trinajstić information content (AvgIpc) is 3.51. The standard InChI is InChI=1S/C23H28N6O/c1-17-25-21(27-26-17)14-28-12-19-13-29(22(30)20-8-5-11-24-20)16-23(19,15-28)10-9-18-6-3-2-4-7-18/h2-8,11,19,24H,9-10,12-16H2,1H3,(H,25,26,27)/t19-,23+/m0/s1. The highest BCUT2D eigenvalue weighted by Gasteiger charge is 2.53. The van der Waals surface area contributed by atoms with Crippen LogP contribution >= 0.6 is 0 Å². The third-order valence-corrected chi connectivity index (χ3v) is 6.71. The van der Waals surface area contributed by atoms with E-state index in [-0.39, 0.29) is 11.3 Å². The van der Waals surface area contributed by atoms with E-state index < -0.39 is 0 Å². The predicted molar refractivity (Wildman–Crippen MR) is 114 cm³/mol. The van der Waals surface area contributed by atoms with E-state index in [1.54, 1.807) is 0 Å². The summed E-state index contributed by atoms with van der Waals surface area (Å²) in [5, 5.41) is 7.26. The number of likely N-dealkylation sites (tertiary alicyclic amines) is 2. The molecule has 4 heterocycles. The molecule has 1 amide bonds. The van der Waals surface area contributed by atoms with Gasteiger partial charge in [0.1, 0.15) is 11.5 Å². The van der Waals surface area contributed by atoms with E-state index in [1.807, 2.05) is 25.3 Å². The molecule has 0 bridgehead atoms. The van der Waals surface area contributed by atoms with E-state index in [1.165, 1.54) is 5.56 Å². The lowest BCUT2D eigenvalue weighted by Crippen LogP contribution is -2.37. The van der Waals surface area contributed by atoms with Crippen molar-refractivity contribution in [3.05, 3.63) is 71.6 Å². The van der Waals surface area contributed by atoms with Gasteiger partial charge in [0, 0.05) is 37.8 Å². The molecule has 2 N–H and O–H groups in total. The van der Waals surface area contributed by atoms with Gasteiger partial charge in [0.25, 0.3) is 5.91 Å². The maximum Gasteiger partial charge on any atom is 0.270 e. The third kappa shape index (κ3) is 3.65. The van der Waals surface area contributed by atoms with Gasteiger partial charge in [0.2, 0.25) is 0 Å². The van der Waals surface area contributed by atoms with E-state index in [0.717, 1.165) is 57.2 Å². The number of aromatic amines is 2. The lowest BCUT2D eigenvalue weighted by atomic mass is 9.76. The van der Waals surface area contributed by atoms with Crippen molar-refractivity contribution in [3.63, 3.8) is 0 Å². The van der Waals surface area contributed by atoms with Gasteiger partial charge in [-0.2, -0.15) is 5.10 Å². The number of aromatic nitrogens is 4. The van der Waals surface area contributed by atoms with Gasteiger partial charge in [-0.05, 0) is 43.4 Å². The highest BCUT2D eigenvalue weighted by molar-refractivity contribution is 5.92. The molecule has 0 saturated carbocycles. The van der Waals surface area contributed by atoms with Crippen LogP contribution < -0.4 is 0 Å². The summed E-state index contributed by atoms with van der Waals surface area (Å²) in [4.78, 5) is 25.1. The summed E-state index contributed by atoms with van der Waals surface area (Å²) < 4.78 is 0. The SMILES string of the molecule is Cc1nc(CN2C[C@H]3CN(C(=O)c4ccc[nH]4)C[C@@]3(CCc3ccccc3)C2)n[nH]1. The maximum atomic E-state index is 13.0. The van der Waals surface area contributed by atoms with Gasteiger partial charge in [0.15, 0.2) is 5.82 Å². The first-order valence-corrected chi connectivity index (χ1v) is 10.7. The molecule has 0 unspecified atom stereocenters. The zero-order chi connectivity index (χ0) is 20.6. The van der Waals surface area contributed by atoms with Gasteiger partial charge in [-0.3, -0.25) is 14.8 Å². The Balaban J connectivity index is 1.33. The molecule has 2 aromatic heterocycles. The number of hydrogen-bond donors (Lipinski definition) is 2. The summed E-state index contributed by atoms with van der Waals surface area (Å²) in [5.41, 5.74) is 2.16. The highest BCUT2D eigenvalue weighted by Crippen LogP contribution is 2.46. The van der Waals surface area contributed by atoms with Crippen LogP contribution in [0.2, 0.25) is 0 Å². The van der Waals surface area contributed by atoms with E-state index in [4.69, 9.17) is 0 Å². The van der Waals surface area contributed by atoms with Crippen LogP contribution in [0.15, 0.2) is 48.7 Å². The second kappa shape index (κ2) is 7.72. The molecule has 3 aromatic rings. The van der Waals surface area contributed by atoms with Crippen molar-refractivity contribution in [2.24, 2.45) is 11.3 Å². The van der Waals surface area contributed by atoms with Gasteiger partial charge in [-0.25, -0.2) is 4.98 Å². The molecule has 0 aliphatic carbocycles. The summed E-state index contributed by atoms with van der Waals surface area (Å²) in [6.07, 6.45) is 3.94. The Labute approximate surface area is 176 Å². The molecule has 0 radical (unpaired) electrons. The zero-order valence-corrected chi connectivity index (χ0v) is 17.3. The second-order valence-corrected chi connectivity index (χ2v) is 8.82. The number of aryl methyl sites for hydroxylation is 2. The van der Waals surface area contributed by atoms with Gasteiger partial charge >= 0.3 is 0 Å². The summed E-state index contributed by atoms with van der Waals surface area (Å²) in [6.45, 7) is 6.28. The van der Waals surface area contributed by atoms with E-state index >= 15 is 0 Å². The van der Waals surface area contributed by atoms with Crippen molar-refractivity contribution >= 4 is 5.91 Å². The molecule has 7 heteroatoms. The molecule has 2 aliphatic heterocycles. The summed E-state index contributed by atoms with van der Waals surface area (Å²) in [6, 6.07) is 14.4. The third-order valence-electron chi connectivity index (χ3n) is 6.71. The van der Waals surface area contributed by atoms with Crippen molar-refractivity contribution < 1.29 is 4.79 Å². The van der Waals surface area contributed by atoms with Crippen LogP contribution in [0.1, 0.15) is 34.1 Å². The molecule has 7 nitrogen and oxygen atoms in total. The zero-order valence-electron chi connectivity index (χ0n) is 17.3. The smallest absolute Gasteiger partial charge is 0.270 e. The van der Waals surface area contributed by atoms with Crippen molar-refractivity contribution in [3.8, 4) is 0 Å². The number of H-pyrrole nitrogens is 2. The normalized spacial score (nSPS) is 23.8. The summed E-state index contributed by atoms with van der Waals surface area (Å²) >= 11 is 0. The number of nitrogens with one attached hydrogen (secondary N) is 2. The predicted octanol–water partition coefficient (Wildman–Crippen LogP) is 2.65. The monoisotopic (exact) mass is 404 g/mol. The fourth-order valence-electron chi connectivity index (χ4n) is 5.25. The van der Waals surface area contributed by atoms with E-state index in [0.29, 0.717) is 11.6 Å². The van der Waals surface area contributed by atoms with Crippen LogP contribution in [0.5, 0.6) is 0 Å². The first-order valence-electron chi connectivity index (χ1n) is 10.7. The van der Waals surface area contributed by atoms with Gasteiger partial charge in [0.05, 0.1) is 6.54 Å². The minimum absolute atomic E-state index is 0.115. The largest absolute Gasteiger partial charge is 0.357 e. The van der Waals surface area contributed by atoms with E-state index in [9.17, 15) is 4.79 Å². The average molecular weight is 405 g/mol. The lowest BCUT2D eigenvalue weighted by molar-refractivity contribution is 0.0750. The lowest BCUT2D eigenvalue weighted by Gasteiger charge is -2.29. The van der Waals surface area contributed by atoms with E-state index in [2.05, 4.69) is 60.3 Å². The number of amides is 1. The second-order valence-electron chi connectivity index (χ2n) is 8.82. The topological polar surface area (TPSA) is 80.9 Å². The Hall–Kier alpha value is -2.93. The van der Waals surface area contributed by atoms with Crippen LogP contribution in [0.4, 0.5) is 0 Å². The molecule has 0 spiro atoms. The number of fused-ring (bicyclic) bond motifs is 1. The molecule has 2 atom stereocenters. The molecule has 30 heavy (non-hydrogen) atoms. The fraction of sp³-hybridized carbons (Fsp3) is 0.435. The number of nitrogens with zero attached hydrogens (tertiary/aromatic N) is 4. The molecule has 156 valence electrons. The molecule has 2 aliphatic rings. The van der Waals surface area contributed by atoms with Crippen LogP contribution in [0.25, 0.3) is 0 Å². The molecule has 2 fully saturated rings. The molecule has 5 rings (SSSR count). The summed E-state index contributed by atoms with van der Waals surface area (Å²) in [7, 11) is 0. The Morgan fingerprint density at radius 1 is 1.17 bits per heavy atom.